The van der Waals surface area contributed by atoms with Crippen LogP contribution >= 0.6 is 11.3 Å². The maximum atomic E-state index is 12.7. The molecule has 3 rings (SSSR count). The largest absolute Gasteiger partial charge is 0.495 e. The zero-order chi connectivity index (χ0) is 21.2. The van der Waals surface area contributed by atoms with Crippen molar-refractivity contribution in [1.82, 2.24) is 19.5 Å². The normalized spacial score (nSPS) is 11.6. The Morgan fingerprint density at radius 2 is 1.93 bits per heavy atom. The molecule has 0 spiro atoms. The number of methoxy groups -OCH3 is 1. The smallest absolute Gasteiger partial charge is 0.266 e. The molecular formula is C19H22N4O4S2. The fourth-order valence-corrected chi connectivity index (χ4v) is 5.01. The fourth-order valence-electron chi connectivity index (χ4n) is 2.86. The molecule has 1 aromatic carbocycles. The van der Waals surface area contributed by atoms with Crippen LogP contribution in [0.4, 0.5) is 0 Å². The minimum atomic E-state index is -3.80. The first-order valence-electron chi connectivity index (χ1n) is 8.88. The summed E-state index contributed by atoms with van der Waals surface area (Å²) < 4.78 is 34.3. The number of sulfonamides is 1. The zero-order valence-electron chi connectivity index (χ0n) is 16.6. The van der Waals surface area contributed by atoms with E-state index in [0.29, 0.717) is 5.69 Å². The van der Waals surface area contributed by atoms with Crippen molar-refractivity contribution in [3.63, 3.8) is 0 Å². The first-order valence-corrected chi connectivity index (χ1v) is 11.2. The van der Waals surface area contributed by atoms with Gasteiger partial charge in [-0.15, -0.1) is 11.3 Å². The summed E-state index contributed by atoms with van der Waals surface area (Å²) in [5, 5.41) is 5.29. The van der Waals surface area contributed by atoms with Crippen molar-refractivity contribution in [3.05, 3.63) is 57.0 Å². The van der Waals surface area contributed by atoms with Crippen LogP contribution in [0.2, 0.25) is 0 Å². The fraction of sp³-hybridized carbons (Fsp3) is 0.316. The van der Waals surface area contributed by atoms with E-state index in [1.165, 1.54) is 29.2 Å². The van der Waals surface area contributed by atoms with Crippen molar-refractivity contribution in [2.45, 2.75) is 32.2 Å². The molecule has 29 heavy (non-hydrogen) atoms. The first kappa shape index (κ1) is 21.2. The highest BCUT2D eigenvalue weighted by molar-refractivity contribution is 7.89. The molecule has 2 aromatic heterocycles. The topological polar surface area (TPSA) is 103 Å². The summed E-state index contributed by atoms with van der Waals surface area (Å²) in [5.74, 6) is 0.261. The van der Waals surface area contributed by atoms with Crippen molar-refractivity contribution in [3.8, 4) is 16.3 Å². The monoisotopic (exact) mass is 434 g/mol. The van der Waals surface area contributed by atoms with Crippen LogP contribution in [0.3, 0.4) is 0 Å². The Kier molecular flexibility index (Phi) is 6.15. The van der Waals surface area contributed by atoms with Crippen LogP contribution in [-0.2, 0) is 16.6 Å². The number of nitrogens with zero attached hydrogens (tertiary/aromatic N) is 3. The van der Waals surface area contributed by atoms with Gasteiger partial charge in [0, 0.05) is 12.6 Å². The van der Waals surface area contributed by atoms with Gasteiger partial charge in [0.1, 0.15) is 16.3 Å². The summed E-state index contributed by atoms with van der Waals surface area (Å²) >= 11 is 1.50. The highest BCUT2D eigenvalue weighted by atomic mass is 32.2. The van der Waals surface area contributed by atoms with Gasteiger partial charge in [0.15, 0.2) is 0 Å². The molecule has 0 saturated heterocycles. The van der Waals surface area contributed by atoms with Crippen molar-refractivity contribution in [2.24, 2.45) is 0 Å². The summed E-state index contributed by atoms with van der Waals surface area (Å²) in [7, 11) is -2.38. The summed E-state index contributed by atoms with van der Waals surface area (Å²) in [6, 6.07) is 8.01. The second kappa shape index (κ2) is 8.44. The second-order valence-corrected chi connectivity index (χ2v) is 9.42. The Bertz CT molecular complexity index is 1200. The third-order valence-electron chi connectivity index (χ3n) is 4.23. The molecule has 0 bridgehead atoms. The number of rotatable bonds is 7. The Morgan fingerprint density at radius 1 is 1.17 bits per heavy atom. The SMILES string of the molecule is COc1ccc(C)cc1S(=O)(=O)NCCn1nc(-c2sc(C)nc2C)ccc1=O. The third-order valence-corrected chi connectivity index (χ3v) is 6.80. The van der Waals surface area contributed by atoms with Crippen LogP contribution in [0.5, 0.6) is 5.75 Å². The average Bonchev–Trinajstić information content (AvgIpc) is 3.01. The molecule has 0 aliphatic rings. The first-order chi connectivity index (χ1) is 13.7. The van der Waals surface area contributed by atoms with Gasteiger partial charge in [-0.05, 0) is 44.5 Å². The predicted molar refractivity (Wildman–Crippen MR) is 112 cm³/mol. The van der Waals surface area contributed by atoms with E-state index >= 15 is 0 Å². The van der Waals surface area contributed by atoms with Gasteiger partial charge in [0.2, 0.25) is 10.0 Å². The Labute approximate surface area is 173 Å². The summed E-state index contributed by atoms with van der Waals surface area (Å²) in [6.07, 6.45) is 0. The van der Waals surface area contributed by atoms with Crippen LogP contribution in [0, 0.1) is 20.8 Å². The average molecular weight is 435 g/mol. The molecule has 0 radical (unpaired) electrons. The molecular weight excluding hydrogens is 412 g/mol. The molecule has 2 heterocycles. The Balaban J connectivity index is 1.78. The van der Waals surface area contributed by atoms with Gasteiger partial charge >= 0.3 is 0 Å². The zero-order valence-corrected chi connectivity index (χ0v) is 18.2. The van der Waals surface area contributed by atoms with Crippen LogP contribution < -0.4 is 15.0 Å². The molecule has 0 saturated carbocycles. The van der Waals surface area contributed by atoms with Gasteiger partial charge in [0.25, 0.3) is 5.56 Å². The summed E-state index contributed by atoms with van der Waals surface area (Å²) in [4.78, 5) is 17.5. The van der Waals surface area contributed by atoms with Crippen LogP contribution in [0.25, 0.3) is 10.6 Å². The number of aryl methyl sites for hydroxylation is 3. The minimum absolute atomic E-state index is 0.0104. The molecule has 0 fully saturated rings. The quantitative estimate of drug-likeness (QED) is 0.612. The van der Waals surface area contributed by atoms with Gasteiger partial charge in [-0.1, -0.05) is 6.07 Å². The molecule has 1 N–H and O–H groups in total. The van der Waals surface area contributed by atoms with Crippen molar-refractivity contribution in [2.75, 3.05) is 13.7 Å². The van der Waals surface area contributed by atoms with Crippen LogP contribution in [-0.4, -0.2) is 36.8 Å². The standard InChI is InChI=1S/C19H22N4O4S2/c1-12-5-7-16(27-4)17(11-12)29(25,26)20-9-10-23-18(24)8-6-15(22-23)19-13(2)21-14(3)28-19/h5-8,11,20H,9-10H2,1-4H3. The van der Waals surface area contributed by atoms with E-state index in [4.69, 9.17) is 4.74 Å². The molecule has 0 atom stereocenters. The van der Waals surface area contributed by atoms with E-state index in [0.717, 1.165) is 21.1 Å². The van der Waals surface area contributed by atoms with E-state index in [1.807, 2.05) is 13.8 Å². The van der Waals surface area contributed by atoms with Crippen molar-refractivity contribution in [1.29, 1.82) is 0 Å². The second-order valence-electron chi connectivity index (χ2n) is 6.48. The van der Waals surface area contributed by atoms with E-state index in [1.54, 1.807) is 31.2 Å². The summed E-state index contributed by atoms with van der Waals surface area (Å²) in [5.41, 5.74) is 1.97. The van der Waals surface area contributed by atoms with Gasteiger partial charge in [-0.2, -0.15) is 5.10 Å². The van der Waals surface area contributed by atoms with E-state index in [-0.39, 0.29) is 29.3 Å². The molecule has 0 aliphatic heterocycles. The molecule has 154 valence electrons. The number of hydrogen-bond acceptors (Lipinski definition) is 7. The van der Waals surface area contributed by atoms with Crippen LogP contribution in [0.1, 0.15) is 16.3 Å². The number of nitrogens with one attached hydrogen (secondary N) is 1. The molecule has 0 aliphatic carbocycles. The van der Waals surface area contributed by atoms with Gasteiger partial charge < -0.3 is 4.74 Å². The minimum Gasteiger partial charge on any atom is -0.495 e. The highest BCUT2D eigenvalue weighted by Crippen LogP contribution is 2.27. The number of benzene rings is 1. The maximum absolute atomic E-state index is 12.7. The molecule has 0 amide bonds. The van der Waals surface area contributed by atoms with Crippen molar-refractivity contribution < 1.29 is 13.2 Å². The van der Waals surface area contributed by atoms with E-state index < -0.39 is 10.0 Å². The van der Waals surface area contributed by atoms with Gasteiger partial charge in [-0.3, -0.25) is 4.79 Å². The number of thiazole rings is 1. The number of aromatic nitrogens is 3. The van der Waals surface area contributed by atoms with Crippen LogP contribution in [0.15, 0.2) is 40.0 Å². The Morgan fingerprint density at radius 3 is 2.59 bits per heavy atom. The van der Waals surface area contributed by atoms with Gasteiger partial charge in [-0.25, -0.2) is 22.8 Å². The lowest BCUT2D eigenvalue weighted by atomic mass is 10.2. The number of ether oxygens (including phenoxy) is 1. The lowest BCUT2D eigenvalue weighted by Crippen LogP contribution is -2.32. The lowest BCUT2D eigenvalue weighted by Gasteiger charge is -2.12. The number of hydrogen-bond donors (Lipinski definition) is 1. The van der Waals surface area contributed by atoms with E-state index in [9.17, 15) is 13.2 Å². The lowest BCUT2D eigenvalue weighted by molar-refractivity contribution is 0.402. The Hall–Kier alpha value is -2.56. The molecule has 8 nitrogen and oxygen atoms in total. The predicted octanol–water partition coefficient (Wildman–Crippen LogP) is 2.28. The molecule has 0 unspecified atom stereocenters. The van der Waals surface area contributed by atoms with Gasteiger partial charge in [0.05, 0.1) is 29.2 Å². The van der Waals surface area contributed by atoms with Crippen molar-refractivity contribution >= 4 is 21.4 Å². The third kappa shape index (κ3) is 4.72. The molecule has 10 heteroatoms. The van der Waals surface area contributed by atoms with E-state index in [2.05, 4.69) is 14.8 Å². The summed E-state index contributed by atoms with van der Waals surface area (Å²) in [6.45, 7) is 5.70. The molecule has 3 aromatic rings. The maximum Gasteiger partial charge on any atom is 0.266 e. The highest BCUT2D eigenvalue weighted by Gasteiger charge is 2.19.